The smallest absolute Gasteiger partial charge is 0.0323 e. The topological polar surface area (TPSA) is 24.9 Å². The third-order valence-electron chi connectivity index (χ3n) is 3.87. The fourth-order valence-corrected chi connectivity index (χ4v) is 2.60. The molecule has 2 aromatic rings. The van der Waals surface area contributed by atoms with E-state index in [1.165, 1.54) is 23.1 Å². The molecule has 0 amide bonds. The molecule has 1 aromatic carbocycles. The van der Waals surface area contributed by atoms with E-state index in [9.17, 15) is 0 Å². The van der Waals surface area contributed by atoms with Crippen LogP contribution in [-0.4, -0.2) is 11.5 Å². The van der Waals surface area contributed by atoms with Gasteiger partial charge in [-0.3, -0.25) is 4.98 Å². The van der Waals surface area contributed by atoms with Crippen LogP contribution in [-0.2, 0) is 12.8 Å². The minimum Gasteiger partial charge on any atom is -0.310 e. The summed E-state index contributed by atoms with van der Waals surface area (Å²) in [4.78, 5) is 4.09. The third-order valence-corrected chi connectivity index (χ3v) is 3.87. The Balaban J connectivity index is 2.06. The molecule has 1 unspecified atom stereocenters. The number of rotatable bonds is 8. The van der Waals surface area contributed by atoms with E-state index < -0.39 is 0 Å². The second kappa shape index (κ2) is 8.58. The molecule has 1 N–H and O–H groups in total. The van der Waals surface area contributed by atoms with E-state index in [0.717, 1.165) is 25.8 Å². The van der Waals surface area contributed by atoms with E-state index in [4.69, 9.17) is 0 Å². The van der Waals surface area contributed by atoms with Crippen molar-refractivity contribution in [1.82, 2.24) is 10.3 Å². The molecular weight excluding hydrogens is 256 g/mol. The molecule has 0 saturated carbocycles. The van der Waals surface area contributed by atoms with Gasteiger partial charge in [0.2, 0.25) is 0 Å². The molecule has 0 saturated heterocycles. The lowest BCUT2D eigenvalue weighted by Crippen LogP contribution is -2.22. The normalized spacial score (nSPS) is 12.3. The highest BCUT2D eigenvalue weighted by Gasteiger charge is 2.11. The lowest BCUT2D eigenvalue weighted by atomic mass is 9.97. The molecule has 1 aromatic heterocycles. The van der Waals surface area contributed by atoms with Gasteiger partial charge >= 0.3 is 0 Å². The molecule has 2 rings (SSSR count). The Labute approximate surface area is 128 Å². The Morgan fingerprint density at radius 3 is 2.57 bits per heavy atom. The number of benzene rings is 1. The molecule has 0 radical (unpaired) electrons. The molecule has 0 aliphatic rings. The van der Waals surface area contributed by atoms with Crippen LogP contribution in [0.2, 0.25) is 0 Å². The lowest BCUT2D eigenvalue weighted by Gasteiger charge is -2.20. The van der Waals surface area contributed by atoms with Crippen LogP contribution in [0.5, 0.6) is 0 Å². The Morgan fingerprint density at radius 1 is 1.05 bits per heavy atom. The van der Waals surface area contributed by atoms with Crippen molar-refractivity contribution in [1.29, 1.82) is 0 Å². The zero-order valence-corrected chi connectivity index (χ0v) is 13.2. The monoisotopic (exact) mass is 282 g/mol. The number of hydrogen-bond donors (Lipinski definition) is 1. The highest BCUT2D eigenvalue weighted by molar-refractivity contribution is 5.26. The summed E-state index contributed by atoms with van der Waals surface area (Å²) in [6, 6.07) is 13.6. The van der Waals surface area contributed by atoms with E-state index in [2.05, 4.69) is 60.5 Å². The van der Waals surface area contributed by atoms with Gasteiger partial charge in [-0.05, 0) is 61.1 Å². The van der Waals surface area contributed by atoms with Crippen molar-refractivity contribution in [2.45, 2.75) is 45.6 Å². The highest BCUT2D eigenvalue weighted by Crippen LogP contribution is 2.20. The molecule has 0 spiro atoms. The minimum atomic E-state index is 0.435. The van der Waals surface area contributed by atoms with Crippen molar-refractivity contribution in [3.63, 3.8) is 0 Å². The van der Waals surface area contributed by atoms with Crippen LogP contribution >= 0.6 is 0 Å². The average Bonchev–Trinajstić information content (AvgIpc) is 2.56. The van der Waals surface area contributed by atoms with Gasteiger partial charge in [-0.1, -0.05) is 38.1 Å². The second-order valence-electron chi connectivity index (χ2n) is 5.50. The fourth-order valence-electron chi connectivity index (χ4n) is 2.60. The molecule has 112 valence electrons. The number of nitrogens with zero attached hydrogens (tertiary/aromatic N) is 1. The largest absolute Gasteiger partial charge is 0.310 e. The first-order valence-corrected chi connectivity index (χ1v) is 8.04. The third kappa shape index (κ3) is 4.98. The molecule has 0 bridgehead atoms. The zero-order valence-electron chi connectivity index (χ0n) is 13.2. The van der Waals surface area contributed by atoms with Gasteiger partial charge < -0.3 is 5.32 Å². The van der Waals surface area contributed by atoms with Crippen molar-refractivity contribution in [3.05, 3.63) is 65.5 Å². The molecule has 1 atom stereocenters. The standard InChI is InChI=1S/C19H26N2/c1-3-12-21-19(9-8-17-10-13-20-14-11-17)18-7-5-6-16(4-2)15-18/h5-7,10-11,13-15,19,21H,3-4,8-9,12H2,1-2H3. The summed E-state index contributed by atoms with van der Waals surface area (Å²) in [5.41, 5.74) is 4.19. The van der Waals surface area contributed by atoms with Crippen molar-refractivity contribution >= 4 is 0 Å². The molecule has 1 heterocycles. The number of aryl methyl sites for hydroxylation is 2. The van der Waals surface area contributed by atoms with Gasteiger partial charge in [0.25, 0.3) is 0 Å². The quantitative estimate of drug-likeness (QED) is 0.780. The SMILES string of the molecule is CCCNC(CCc1ccncc1)c1cccc(CC)c1. The average molecular weight is 282 g/mol. The van der Waals surface area contributed by atoms with Gasteiger partial charge in [-0.15, -0.1) is 0 Å². The summed E-state index contributed by atoms with van der Waals surface area (Å²) in [6.45, 7) is 5.50. The molecule has 21 heavy (non-hydrogen) atoms. The predicted molar refractivity (Wildman–Crippen MR) is 89.4 cm³/mol. The summed E-state index contributed by atoms with van der Waals surface area (Å²) < 4.78 is 0. The first-order valence-electron chi connectivity index (χ1n) is 8.04. The highest BCUT2D eigenvalue weighted by atomic mass is 14.9. The Bertz CT molecular complexity index is 522. The zero-order chi connectivity index (χ0) is 14.9. The van der Waals surface area contributed by atoms with E-state index in [1.54, 1.807) is 0 Å². The summed E-state index contributed by atoms with van der Waals surface area (Å²) in [5.74, 6) is 0. The van der Waals surface area contributed by atoms with Crippen LogP contribution < -0.4 is 5.32 Å². The maximum Gasteiger partial charge on any atom is 0.0323 e. The molecule has 2 heteroatoms. The van der Waals surface area contributed by atoms with E-state index in [-0.39, 0.29) is 0 Å². The number of aromatic nitrogens is 1. The predicted octanol–water partition coefficient (Wildman–Crippen LogP) is 4.32. The van der Waals surface area contributed by atoms with Crippen LogP contribution in [0.25, 0.3) is 0 Å². The number of nitrogens with one attached hydrogen (secondary N) is 1. The van der Waals surface area contributed by atoms with E-state index >= 15 is 0 Å². The minimum absolute atomic E-state index is 0.435. The van der Waals surface area contributed by atoms with Crippen LogP contribution in [0.4, 0.5) is 0 Å². The Hall–Kier alpha value is -1.67. The van der Waals surface area contributed by atoms with Crippen LogP contribution in [0.3, 0.4) is 0 Å². The fraction of sp³-hybridized carbons (Fsp3) is 0.421. The molecular formula is C19H26N2. The lowest BCUT2D eigenvalue weighted by molar-refractivity contribution is 0.499. The Kier molecular flexibility index (Phi) is 6.42. The number of pyridine rings is 1. The van der Waals surface area contributed by atoms with Crippen LogP contribution in [0, 0.1) is 0 Å². The summed E-state index contributed by atoms with van der Waals surface area (Å²) in [6.07, 6.45) is 8.22. The number of hydrogen-bond acceptors (Lipinski definition) is 2. The van der Waals surface area contributed by atoms with Gasteiger partial charge in [0, 0.05) is 18.4 Å². The van der Waals surface area contributed by atoms with Gasteiger partial charge in [0.15, 0.2) is 0 Å². The molecule has 0 aliphatic carbocycles. The summed E-state index contributed by atoms with van der Waals surface area (Å²) in [7, 11) is 0. The van der Waals surface area contributed by atoms with E-state index in [0.29, 0.717) is 6.04 Å². The molecule has 2 nitrogen and oxygen atoms in total. The summed E-state index contributed by atoms with van der Waals surface area (Å²) in [5, 5.41) is 3.69. The Morgan fingerprint density at radius 2 is 1.86 bits per heavy atom. The van der Waals surface area contributed by atoms with Crippen molar-refractivity contribution in [2.24, 2.45) is 0 Å². The first kappa shape index (κ1) is 15.7. The van der Waals surface area contributed by atoms with Crippen molar-refractivity contribution < 1.29 is 0 Å². The molecule has 0 aliphatic heterocycles. The van der Waals surface area contributed by atoms with Gasteiger partial charge in [0.1, 0.15) is 0 Å². The van der Waals surface area contributed by atoms with Gasteiger partial charge in [-0.25, -0.2) is 0 Å². The molecule has 0 fully saturated rings. The van der Waals surface area contributed by atoms with Gasteiger partial charge in [-0.2, -0.15) is 0 Å². The van der Waals surface area contributed by atoms with E-state index in [1.807, 2.05) is 12.4 Å². The van der Waals surface area contributed by atoms with Crippen molar-refractivity contribution in [2.75, 3.05) is 6.54 Å². The summed E-state index contributed by atoms with van der Waals surface area (Å²) >= 11 is 0. The second-order valence-corrected chi connectivity index (χ2v) is 5.50. The first-order chi connectivity index (χ1) is 10.3. The maximum absolute atomic E-state index is 4.09. The van der Waals surface area contributed by atoms with Crippen LogP contribution in [0.15, 0.2) is 48.8 Å². The van der Waals surface area contributed by atoms with Crippen molar-refractivity contribution in [3.8, 4) is 0 Å². The van der Waals surface area contributed by atoms with Crippen LogP contribution in [0.1, 0.15) is 49.4 Å². The van der Waals surface area contributed by atoms with Gasteiger partial charge in [0.05, 0.1) is 0 Å². The maximum atomic E-state index is 4.09.